The van der Waals surface area contributed by atoms with Gasteiger partial charge in [-0.05, 0) is 51.4 Å². The first-order chi connectivity index (χ1) is 30.5. The summed E-state index contributed by atoms with van der Waals surface area (Å²) in [6.07, 6.45) is 64.5. The average Bonchev–Trinajstić information content (AvgIpc) is 3.27. The van der Waals surface area contributed by atoms with Gasteiger partial charge in [-0.15, -0.1) is 0 Å². The first-order valence-corrected chi connectivity index (χ1v) is 25.7. The van der Waals surface area contributed by atoms with Gasteiger partial charge in [0.05, 0.1) is 0 Å². The Labute approximate surface area is 382 Å². The highest BCUT2D eigenvalue weighted by Gasteiger charge is 2.19. The summed E-state index contributed by atoms with van der Waals surface area (Å²) < 4.78 is 16.6. The van der Waals surface area contributed by atoms with Gasteiger partial charge in [-0.2, -0.15) is 0 Å². The van der Waals surface area contributed by atoms with Crippen LogP contribution in [-0.4, -0.2) is 37.2 Å². The van der Waals surface area contributed by atoms with Crippen molar-refractivity contribution < 1.29 is 28.6 Å². The summed E-state index contributed by atoms with van der Waals surface area (Å²) in [7, 11) is 0. The molecule has 0 heterocycles. The van der Waals surface area contributed by atoms with Crippen molar-refractivity contribution in [3.05, 3.63) is 85.1 Å². The van der Waals surface area contributed by atoms with Crippen molar-refractivity contribution in [2.45, 2.75) is 239 Å². The Morgan fingerprint density at radius 2 is 0.742 bits per heavy atom. The van der Waals surface area contributed by atoms with E-state index in [0.29, 0.717) is 19.3 Å². The van der Waals surface area contributed by atoms with Crippen molar-refractivity contribution >= 4 is 17.9 Å². The van der Waals surface area contributed by atoms with Gasteiger partial charge in [-0.3, -0.25) is 14.4 Å². The molecule has 0 aromatic rings. The van der Waals surface area contributed by atoms with Crippen molar-refractivity contribution in [1.29, 1.82) is 0 Å². The van der Waals surface area contributed by atoms with Crippen LogP contribution in [0.15, 0.2) is 85.1 Å². The monoisotopic (exact) mass is 863 g/mol. The second-order valence-corrected chi connectivity index (χ2v) is 16.8. The van der Waals surface area contributed by atoms with Crippen LogP contribution in [0.5, 0.6) is 0 Å². The van der Waals surface area contributed by atoms with Crippen LogP contribution in [0, 0.1) is 0 Å². The molecule has 0 aliphatic carbocycles. The van der Waals surface area contributed by atoms with E-state index in [2.05, 4.69) is 45.1 Å². The minimum atomic E-state index is -0.834. The number of hydrogen-bond acceptors (Lipinski definition) is 6. The lowest BCUT2D eigenvalue weighted by Crippen LogP contribution is -2.30. The molecular formula is C56H94O6. The standard InChI is InChI=1S/C56H94O6/c1-4-7-10-13-16-19-22-25-26-27-28-29-32-34-37-40-43-46-49-55(58)61-52-53(62-56(59)50-47-44-41-38-35-31-24-21-18-15-12-9-6-3)51-60-54(57)48-45-42-39-36-33-30-23-20-17-14-11-8-5-2/h9,12,15,18,21,24,30-31,33,35,38-39,41-42,53H,4-8,10-11,13-14,16-17,19-20,22-23,25-29,32,34,36-37,40,43-52H2,1-3H3/b12-9+,18-15+,24-21+,33-30+,35-31+,41-38+,42-39+. The van der Waals surface area contributed by atoms with E-state index in [1.54, 1.807) is 0 Å². The molecule has 0 aliphatic heterocycles. The van der Waals surface area contributed by atoms with Crippen molar-refractivity contribution in [2.75, 3.05) is 13.2 Å². The molecule has 0 saturated carbocycles. The molecule has 0 N–H and O–H groups in total. The molecule has 0 amide bonds. The molecule has 6 heteroatoms. The SMILES string of the molecule is CC/C=C/C=C/C=C/C=C/C=C/CCCC(=O)OC(COC(=O)CC/C=C/C/C=C/CCCCCCCC)COC(=O)CCCCCCCCCCCCCCCCCCCC. The molecule has 0 saturated heterocycles. The van der Waals surface area contributed by atoms with E-state index in [1.165, 1.54) is 135 Å². The molecule has 0 bridgehead atoms. The summed E-state index contributed by atoms with van der Waals surface area (Å²) in [6, 6.07) is 0. The summed E-state index contributed by atoms with van der Waals surface area (Å²) in [5.74, 6) is -1.07. The maximum atomic E-state index is 12.7. The van der Waals surface area contributed by atoms with Gasteiger partial charge in [0, 0.05) is 19.3 Å². The number of esters is 3. The molecule has 0 fully saturated rings. The topological polar surface area (TPSA) is 78.9 Å². The Morgan fingerprint density at radius 3 is 1.24 bits per heavy atom. The maximum Gasteiger partial charge on any atom is 0.306 e. The summed E-state index contributed by atoms with van der Waals surface area (Å²) in [4.78, 5) is 37.9. The molecule has 0 rings (SSSR count). The fraction of sp³-hybridized carbons (Fsp3) is 0.696. The van der Waals surface area contributed by atoms with Crippen LogP contribution in [0.4, 0.5) is 0 Å². The highest BCUT2D eigenvalue weighted by atomic mass is 16.6. The van der Waals surface area contributed by atoms with Gasteiger partial charge >= 0.3 is 17.9 Å². The van der Waals surface area contributed by atoms with Crippen LogP contribution < -0.4 is 0 Å². The fourth-order valence-electron chi connectivity index (χ4n) is 6.94. The van der Waals surface area contributed by atoms with E-state index in [1.807, 2.05) is 60.8 Å². The summed E-state index contributed by atoms with van der Waals surface area (Å²) in [5, 5.41) is 0. The third kappa shape index (κ3) is 47.6. The van der Waals surface area contributed by atoms with Crippen LogP contribution in [0.3, 0.4) is 0 Å². The predicted molar refractivity (Wildman–Crippen MR) is 265 cm³/mol. The zero-order valence-electron chi connectivity index (χ0n) is 40.4. The Balaban J connectivity index is 4.48. The summed E-state index contributed by atoms with van der Waals surface area (Å²) >= 11 is 0. The number of hydrogen-bond donors (Lipinski definition) is 0. The third-order valence-electron chi connectivity index (χ3n) is 10.8. The number of carbonyl (C=O) groups excluding carboxylic acids is 3. The van der Waals surface area contributed by atoms with E-state index < -0.39 is 12.1 Å². The highest BCUT2D eigenvalue weighted by Crippen LogP contribution is 2.15. The minimum Gasteiger partial charge on any atom is -0.462 e. The van der Waals surface area contributed by atoms with Crippen LogP contribution in [0.1, 0.15) is 233 Å². The van der Waals surface area contributed by atoms with Crippen LogP contribution in [-0.2, 0) is 28.6 Å². The van der Waals surface area contributed by atoms with Gasteiger partial charge < -0.3 is 14.2 Å². The lowest BCUT2D eigenvalue weighted by Gasteiger charge is -2.18. The van der Waals surface area contributed by atoms with E-state index in [9.17, 15) is 14.4 Å². The van der Waals surface area contributed by atoms with Crippen LogP contribution in [0.25, 0.3) is 0 Å². The van der Waals surface area contributed by atoms with Crippen LogP contribution in [0.2, 0.25) is 0 Å². The summed E-state index contributed by atoms with van der Waals surface area (Å²) in [6.45, 7) is 6.37. The molecule has 0 aromatic heterocycles. The van der Waals surface area contributed by atoms with Crippen LogP contribution >= 0.6 is 0 Å². The van der Waals surface area contributed by atoms with E-state index in [4.69, 9.17) is 14.2 Å². The minimum absolute atomic E-state index is 0.121. The molecule has 62 heavy (non-hydrogen) atoms. The first kappa shape index (κ1) is 58.6. The van der Waals surface area contributed by atoms with E-state index in [0.717, 1.165) is 44.9 Å². The van der Waals surface area contributed by atoms with Gasteiger partial charge in [0.25, 0.3) is 0 Å². The molecule has 354 valence electrons. The lowest BCUT2D eigenvalue weighted by atomic mass is 10.0. The highest BCUT2D eigenvalue weighted by molar-refractivity contribution is 5.71. The Kier molecular flexibility index (Phi) is 47.5. The number of unbranched alkanes of at least 4 members (excludes halogenated alkanes) is 24. The summed E-state index contributed by atoms with van der Waals surface area (Å²) in [5.41, 5.74) is 0. The van der Waals surface area contributed by atoms with E-state index in [-0.39, 0.29) is 38.0 Å². The second kappa shape index (κ2) is 50.2. The fourth-order valence-corrected chi connectivity index (χ4v) is 6.94. The first-order valence-electron chi connectivity index (χ1n) is 25.7. The van der Waals surface area contributed by atoms with Crippen molar-refractivity contribution in [3.63, 3.8) is 0 Å². The van der Waals surface area contributed by atoms with E-state index >= 15 is 0 Å². The van der Waals surface area contributed by atoms with Gasteiger partial charge in [0.2, 0.25) is 0 Å². The molecule has 1 unspecified atom stereocenters. The largest absolute Gasteiger partial charge is 0.462 e. The molecule has 0 aromatic carbocycles. The average molecular weight is 863 g/mol. The third-order valence-corrected chi connectivity index (χ3v) is 10.8. The Hall–Kier alpha value is -3.41. The lowest BCUT2D eigenvalue weighted by molar-refractivity contribution is -0.166. The number of allylic oxidation sites excluding steroid dienone is 14. The van der Waals surface area contributed by atoms with Crippen molar-refractivity contribution in [2.24, 2.45) is 0 Å². The van der Waals surface area contributed by atoms with Crippen molar-refractivity contribution in [1.82, 2.24) is 0 Å². The van der Waals surface area contributed by atoms with Gasteiger partial charge in [0.15, 0.2) is 6.10 Å². The second-order valence-electron chi connectivity index (χ2n) is 16.8. The molecule has 0 radical (unpaired) electrons. The smallest absolute Gasteiger partial charge is 0.306 e. The number of carbonyl (C=O) groups is 3. The molecule has 0 aliphatic rings. The number of rotatable bonds is 45. The normalized spacial score (nSPS) is 12.8. The predicted octanol–water partition coefficient (Wildman–Crippen LogP) is 16.8. The molecular weight excluding hydrogens is 769 g/mol. The Morgan fingerprint density at radius 1 is 0.355 bits per heavy atom. The Bertz CT molecular complexity index is 1220. The quantitative estimate of drug-likeness (QED) is 0.0199. The number of ether oxygens (including phenoxy) is 3. The zero-order chi connectivity index (χ0) is 45.1. The van der Waals surface area contributed by atoms with Gasteiger partial charge in [-0.25, -0.2) is 0 Å². The van der Waals surface area contributed by atoms with Crippen molar-refractivity contribution in [3.8, 4) is 0 Å². The molecule has 0 spiro atoms. The molecule has 6 nitrogen and oxygen atoms in total. The zero-order valence-corrected chi connectivity index (χ0v) is 40.4. The van der Waals surface area contributed by atoms with Gasteiger partial charge in [0.1, 0.15) is 13.2 Å². The molecule has 1 atom stereocenters. The maximum absolute atomic E-state index is 12.7. The van der Waals surface area contributed by atoms with Gasteiger partial charge in [-0.1, -0.05) is 247 Å².